The Morgan fingerprint density at radius 3 is 1.94 bits per heavy atom. The molecule has 2 amide bonds. The van der Waals surface area contributed by atoms with Crippen LogP contribution in [0.4, 0.5) is 4.39 Å². The van der Waals surface area contributed by atoms with Crippen LogP contribution < -0.4 is 5.32 Å². The second-order valence-corrected chi connectivity index (χ2v) is 8.99. The molecule has 180 valence electrons. The smallest absolute Gasteiger partial charge is 0.242 e. The molecule has 31 heavy (non-hydrogen) atoms. The molecule has 5 heteroatoms. The largest absolute Gasteiger partial charge is 0.350 e. The molecule has 0 spiro atoms. The lowest BCUT2D eigenvalue weighted by Crippen LogP contribution is -2.57. The second kappa shape index (κ2) is 18.8. The van der Waals surface area contributed by atoms with E-state index in [0.29, 0.717) is 6.54 Å². The van der Waals surface area contributed by atoms with Crippen LogP contribution in [0.1, 0.15) is 87.1 Å². The van der Waals surface area contributed by atoms with Gasteiger partial charge in [0.25, 0.3) is 0 Å². The van der Waals surface area contributed by atoms with Gasteiger partial charge in [0, 0.05) is 12.6 Å². The van der Waals surface area contributed by atoms with Crippen LogP contribution in [0.2, 0.25) is 0 Å². The Morgan fingerprint density at radius 2 is 1.61 bits per heavy atom. The zero-order chi connectivity index (χ0) is 24.4. The summed E-state index contributed by atoms with van der Waals surface area (Å²) in [6, 6.07) is 6.42. The molecule has 0 bridgehead atoms. The molecule has 2 unspecified atom stereocenters. The fourth-order valence-corrected chi connectivity index (χ4v) is 2.09. The number of benzene rings is 1. The van der Waals surface area contributed by atoms with Crippen molar-refractivity contribution in [2.24, 2.45) is 11.8 Å². The molecule has 1 saturated heterocycles. The highest BCUT2D eigenvalue weighted by atomic mass is 19.1. The van der Waals surface area contributed by atoms with E-state index in [2.05, 4.69) is 46.9 Å². The molecule has 2 fully saturated rings. The second-order valence-electron chi connectivity index (χ2n) is 8.99. The van der Waals surface area contributed by atoms with Crippen molar-refractivity contribution in [1.82, 2.24) is 10.2 Å². The summed E-state index contributed by atoms with van der Waals surface area (Å²) in [4.78, 5) is 23.0. The summed E-state index contributed by atoms with van der Waals surface area (Å²) < 4.78 is 12.4. The molecule has 1 aromatic rings. The molecule has 1 heterocycles. The number of hydrogen-bond acceptors (Lipinski definition) is 2. The van der Waals surface area contributed by atoms with E-state index >= 15 is 0 Å². The predicted molar refractivity (Wildman–Crippen MR) is 130 cm³/mol. The van der Waals surface area contributed by atoms with E-state index < -0.39 is 0 Å². The first kappa shape index (κ1) is 31.3. The van der Waals surface area contributed by atoms with E-state index in [0.717, 1.165) is 30.2 Å². The van der Waals surface area contributed by atoms with E-state index in [1.165, 1.54) is 30.2 Å². The zero-order valence-electron chi connectivity index (χ0n) is 21.4. The normalized spacial score (nSPS) is 19.1. The quantitative estimate of drug-likeness (QED) is 0.556. The number of hydrogen-bond donors (Lipinski definition) is 1. The SMILES string of the molecule is CC(C)C.CC1CC1.CC1CN(C=O)C(C)C(=O)N1.CCC.CCc1cccc(F)c1. The number of halogens is 1. The number of rotatable bonds is 2. The van der Waals surface area contributed by atoms with Gasteiger partial charge in [-0.25, -0.2) is 4.39 Å². The lowest BCUT2D eigenvalue weighted by Gasteiger charge is -2.33. The van der Waals surface area contributed by atoms with Gasteiger partial charge in [0.05, 0.1) is 0 Å². The maximum atomic E-state index is 12.4. The Balaban J connectivity index is 0. The molecule has 2 aliphatic rings. The highest BCUT2D eigenvalue weighted by Crippen LogP contribution is 2.26. The van der Waals surface area contributed by atoms with Gasteiger partial charge in [0.1, 0.15) is 11.9 Å². The maximum Gasteiger partial charge on any atom is 0.242 e. The number of nitrogens with zero attached hydrogens (tertiary/aromatic N) is 1. The minimum atomic E-state index is -0.316. The Labute approximate surface area is 191 Å². The summed E-state index contributed by atoms with van der Waals surface area (Å²) in [7, 11) is 0. The van der Waals surface area contributed by atoms with Gasteiger partial charge in [0.2, 0.25) is 12.3 Å². The fourth-order valence-electron chi connectivity index (χ4n) is 2.09. The van der Waals surface area contributed by atoms with E-state index in [-0.39, 0.29) is 23.8 Å². The molecule has 1 N–H and O–H groups in total. The van der Waals surface area contributed by atoms with Crippen molar-refractivity contribution < 1.29 is 14.0 Å². The number of carbonyl (C=O) groups is 2. The monoisotopic (exact) mass is 438 g/mol. The van der Waals surface area contributed by atoms with Gasteiger partial charge < -0.3 is 10.2 Å². The summed E-state index contributed by atoms with van der Waals surface area (Å²) in [6.07, 6.45) is 5.84. The van der Waals surface area contributed by atoms with E-state index in [1.54, 1.807) is 19.1 Å². The third-order valence-electron chi connectivity index (χ3n) is 4.05. The van der Waals surface area contributed by atoms with Gasteiger partial charge in [-0.15, -0.1) is 0 Å². The van der Waals surface area contributed by atoms with Crippen molar-refractivity contribution in [3.8, 4) is 0 Å². The van der Waals surface area contributed by atoms with Gasteiger partial charge in [-0.2, -0.15) is 0 Å². The van der Waals surface area contributed by atoms with Crippen LogP contribution in [-0.4, -0.2) is 35.8 Å². The van der Waals surface area contributed by atoms with Crippen molar-refractivity contribution in [2.75, 3.05) is 6.54 Å². The minimum absolute atomic E-state index is 0.0731. The number of piperazine rings is 1. The number of nitrogens with one attached hydrogen (secondary N) is 1. The molecule has 1 aromatic carbocycles. The van der Waals surface area contributed by atoms with Gasteiger partial charge in [-0.05, 0) is 49.8 Å². The standard InChI is InChI=1S/C8H9F.C7H12N2O2.C4H8.C4H10.C3H8/c1-2-7-4-3-5-8(9)6-7;1-5-3-9(4-10)6(2)7(11)8-5;1-4-2-3-4;1-4(2)3;1-3-2/h3-6H,2H2,1H3;4-6H,3H2,1-2H3,(H,8,11);4H,2-3H2,1H3;4H,1-3H3;3H2,1-2H3. The van der Waals surface area contributed by atoms with Crippen molar-refractivity contribution in [2.45, 2.75) is 100 Å². The molecular weight excluding hydrogens is 391 g/mol. The first-order valence-corrected chi connectivity index (χ1v) is 11.8. The van der Waals surface area contributed by atoms with Crippen LogP contribution in [0.15, 0.2) is 24.3 Å². The third-order valence-corrected chi connectivity index (χ3v) is 4.05. The molecule has 0 aromatic heterocycles. The Bertz CT molecular complexity index is 586. The molecule has 0 radical (unpaired) electrons. The van der Waals surface area contributed by atoms with Crippen molar-refractivity contribution in [3.63, 3.8) is 0 Å². The van der Waals surface area contributed by atoms with Crippen molar-refractivity contribution in [3.05, 3.63) is 35.6 Å². The number of carbonyl (C=O) groups excluding carboxylic acids is 2. The van der Waals surface area contributed by atoms with Crippen molar-refractivity contribution >= 4 is 12.3 Å². The van der Waals surface area contributed by atoms with Gasteiger partial charge in [-0.1, -0.05) is 79.9 Å². The summed E-state index contributed by atoms with van der Waals surface area (Å²) in [5.74, 6) is 1.70. The van der Waals surface area contributed by atoms with Crippen molar-refractivity contribution in [1.29, 1.82) is 0 Å². The van der Waals surface area contributed by atoms with Crippen LogP contribution in [0.5, 0.6) is 0 Å². The third kappa shape index (κ3) is 19.8. The zero-order valence-corrected chi connectivity index (χ0v) is 21.4. The van der Waals surface area contributed by atoms with Gasteiger partial charge in [0.15, 0.2) is 0 Å². The predicted octanol–water partition coefficient (Wildman–Crippen LogP) is 6.23. The van der Waals surface area contributed by atoms with Gasteiger partial charge in [-0.3, -0.25) is 9.59 Å². The van der Waals surface area contributed by atoms with Crippen LogP contribution >= 0.6 is 0 Å². The summed E-state index contributed by atoms with van der Waals surface area (Å²) in [6.45, 7) is 19.2. The van der Waals surface area contributed by atoms with Crippen LogP contribution in [-0.2, 0) is 16.0 Å². The maximum absolute atomic E-state index is 12.4. The first-order valence-electron chi connectivity index (χ1n) is 11.8. The van der Waals surface area contributed by atoms with Crippen LogP contribution in [0.3, 0.4) is 0 Å². The lowest BCUT2D eigenvalue weighted by molar-refractivity contribution is -0.136. The van der Waals surface area contributed by atoms with E-state index in [4.69, 9.17) is 0 Å². The molecule has 1 aliphatic carbocycles. The number of amides is 2. The number of aryl methyl sites for hydroxylation is 1. The molecular formula is C26H47FN2O2. The van der Waals surface area contributed by atoms with Crippen LogP contribution in [0.25, 0.3) is 0 Å². The molecule has 3 rings (SSSR count). The van der Waals surface area contributed by atoms with Gasteiger partial charge >= 0.3 is 0 Å². The highest BCUT2D eigenvalue weighted by molar-refractivity contribution is 5.84. The summed E-state index contributed by atoms with van der Waals surface area (Å²) >= 11 is 0. The summed E-state index contributed by atoms with van der Waals surface area (Å²) in [5.41, 5.74) is 1.05. The Kier molecular flexibility index (Phi) is 19.0. The molecule has 1 saturated carbocycles. The first-order chi connectivity index (χ1) is 14.5. The molecule has 1 aliphatic heterocycles. The summed E-state index contributed by atoms with van der Waals surface area (Å²) in [5, 5.41) is 2.75. The minimum Gasteiger partial charge on any atom is -0.350 e. The topological polar surface area (TPSA) is 49.4 Å². The molecule has 2 atom stereocenters. The Morgan fingerprint density at radius 1 is 1.13 bits per heavy atom. The molecule has 4 nitrogen and oxygen atoms in total. The average Bonchev–Trinajstić information content (AvgIpc) is 3.48. The van der Waals surface area contributed by atoms with E-state index in [9.17, 15) is 14.0 Å². The Hall–Kier alpha value is -1.91. The average molecular weight is 439 g/mol. The highest BCUT2D eigenvalue weighted by Gasteiger charge is 2.27. The lowest BCUT2D eigenvalue weighted by atomic mass is 10.1. The fraction of sp³-hybridized carbons (Fsp3) is 0.692. The van der Waals surface area contributed by atoms with E-state index in [1.807, 2.05) is 19.9 Å². The van der Waals surface area contributed by atoms with Crippen LogP contribution in [0, 0.1) is 17.7 Å².